The van der Waals surface area contributed by atoms with E-state index < -0.39 is 5.82 Å². The molecule has 8 nitrogen and oxygen atoms in total. The first-order valence-corrected chi connectivity index (χ1v) is 11.5. The molecule has 3 aromatic rings. The number of anilines is 2. The summed E-state index contributed by atoms with van der Waals surface area (Å²) in [5.41, 5.74) is 1.03. The molecule has 0 saturated carbocycles. The van der Waals surface area contributed by atoms with Gasteiger partial charge in [0.05, 0.1) is 11.8 Å². The van der Waals surface area contributed by atoms with E-state index in [9.17, 15) is 9.18 Å². The lowest BCUT2D eigenvalue weighted by molar-refractivity contribution is 0.0678. The summed E-state index contributed by atoms with van der Waals surface area (Å²) in [6.45, 7) is 5.22. The molecule has 4 rings (SSSR count). The number of fused-ring (bicyclic) bond motifs is 1. The third-order valence-electron chi connectivity index (χ3n) is 5.38. The van der Waals surface area contributed by atoms with Crippen LogP contribution in [0.2, 0.25) is 0 Å². The Morgan fingerprint density at radius 3 is 2.84 bits per heavy atom. The Bertz CT molecular complexity index is 1100. The minimum Gasteiger partial charge on any atom is -0.489 e. The van der Waals surface area contributed by atoms with Crippen LogP contribution in [0.4, 0.5) is 15.9 Å². The van der Waals surface area contributed by atoms with Crippen LogP contribution < -0.4 is 10.1 Å². The molecule has 1 saturated heterocycles. The number of halogens is 1. The highest BCUT2D eigenvalue weighted by atomic mass is 32.1. The lowest BCUT2D eigenvalue weighted by Gasteiger charge is -2.31. The number of carbonyl (C=O) groups is 1. The molecular formula is C22H26FN5O3S. The first kappa shape index (κ1) is 22.3. The first-order valence-electron chi connectivity index (χ1n) is 10.7. The molecule has 1 aromatic carbocycles. The molecule has 10 heteroatoms. The maximum atomic E-state index is 13.7. The summed E-state index contributed by atoms with van der Waals surface area (Å²) in [5, 5.41) is 12.6. The number of likely N-dealkylation sites (tertiary alicyclic amines) is 1. The number of piperidine rings is 1. The van der Waals surface area contributed by atoms with Crippen LogP contribution >= 0.6 is 11.3 Å². The molecule has 0 spiro atoms. The van der Waals surface area contributed by atoms with Gasteiger partial charge >= 0.3 is 0 Å². The van der Waals surface area contributed by atoms with Gasteiger partial charge in [0.15, 0.2) is 10.8 Å². The fourth-order valence-corrected chi connectivity index (χ4v) is 4.63. The number of hydrogen-bond acceptors (Lipinski definition) is 8. The van der Waals surface area contributed by atoms with Crippen molar-refractivity contribution in [1.82, 2.24) is 19.9 Å². The molecule has 3 heterocycles. The maximum absolute atomic E-state index is 13.7. The lowest BCUT2D eigenvalue weighted by Crippen LogP contribution is -2.38. The van der Waals surface area contributed by atoms with Crippen LogP contribution in [0.1, 0.15) is 42.9 Å². The van der Waals surface area contributed by atoms with Gasteiger partial charge in [-0.05, 0) is 51.2 Å². The maximum Gasteiger partial charge on any atom is 0.282 e. The zero-order chi connectivity index (χ0) is 22.7. The normalized spacial score (nSPS) is 14.8. The van der Waals surface area contributed by atoms with E-state index in [1.165, 1.54) is 29.8 Å². The molecule has 1 amide bonds. The number of aromatic nitrogens is 3. The highest BCUT2D eigenvalue weighted by Gasteiger charge is 2.26. The van der Waals surface area contributed by atoms with Crippen molar-refractivity contribution in [2.45, 2.75) is 39.2 Å². The van der Waals surface area contributed by atoms with E-state index in [4.69, 9.17) is 9.84 Å². The van der Waals surface area contributed by atoms with Crippen molar-refractivity contribution < 1.29 is 19.0 Å². The zero-order valence-electron chi connectivity index (χ0n) is 18.0. The van der Waals surface area contributed by atoms with Crippen LogP contribution in [0.5, 0.6) is 5.75 Å². The van der Waals surface area contributed by atoms with Gasteiger partial charge in [-0.25, -0.2) is 19.3 Å². The second kappa shape index (κ2) is 9.74. The summed E-state index contributed by atoms with van der Waals surface area (Å²) >= 11 is 1.23. The van der Waals surface area contributed by atoms with Crippen molar-refractivity contribution in [3.05, 3.63) is 35.4 Å². The van der Waals surface area contributed by atoms with E-state index in [1.54, 1.807) is 11.0 Å². The number of thiazole rings is 1. The summed E-state index contributed by atoms with van der Waals surface area (Å²) in [6, 6.07) is 4.23. The molecule has 0 atom stereocenters. The summed E-state index contributed by atoms with van der Waals surface area (Å²) in [7, 11) is 0. The number of amides is 1. The molecule has 1 fully saturated rings. The van der Waals surface area contributed by atoms with Gasteiger partial charge < -0.3 is 20.1 Å². The highest BCUT2D eigenvalue weighted by molar-refractivity contribution is 7.19. The number of rotatable bonds is 7. The number of ether oxygens (including phenoxy) is 1. The second-order valence-corrected chi connectivity index (χ2v) is 9.05. The van der Waals surface area contributed by atoms with Crippen molar-refractivity contribution in [2.75, 3.05) is 25.0 Å². The van der Waals surface area contributed by atoms with E-state index in [0.717, 1.165) is 19.3 Å². The van der Waals surface area contributed by atoms with Gasteiger partial charge in [-0.1, -0.05) is 11.3 Å². The molecule has 1 aliphatic rings. The topological polar surface area (TPSA) is 100 Å². The van der Waals surface area contributed by atoms with E-state index in [1.807, 2.05) is 13.8 Å². The van der Waals surface area contributed by atoms with Gasteiger partial charge in [0.25, 0.3) is 5.91 Å². The Morgan fingerprint density at radius 1 is 1.34 bits per heavy atom. The fourth-order valence-electron chi connectivity index (χ4n) is 3.76. The van der Waals surface area contributed by atoms with Crippen LogP contribution in [-0.2, 0) is 0 Å². The SMILES string of the molecule is CC(C)Oc1cc(F)ccc1Nc1ncnc2sc(C(=O)N3CCC(CCO)CC3)nc12. The molecule has 0 aliphatic carbocycles. The smallest absolute Gasteiger partial charge is 0.282 e. The van der Waals surface area contributed by atoms with Gasteiger partial charge in [0.2, 0.25) is 0 Å². The molecule has 2 N–H and O–H groups in total. The Kier molecular flexibility index (Phi) is 6.80. The number of aliphatic hydroxyl groups excluding tert-OH is 1. The number of nitrogens with one attached hydrogen (secondary N) is 1. The Balaban J connectivity index is 1.56. The lowest BCUT2D eigenvalue weighted by atomic mass is 9.94. The number of carbonyl (C=O) groups excluding carboxylic acids is 1. The molecule has 0 unspecified atom stereocenters. The minimum atomic E-state index is -0.400. The van der Waals surface area contributed by atoms with Crippen molar-refractivity contribution in [2.24, 2.45) is 5.92 Å². The van der Waals surface area contributed by atoms with Gasteiger partial charge in [-0.15, -0.1) is 0 Å². The molecule has 0 bridgehead atoms. The first-order chi connectivity index (χ1) is 15.4. The monoisotopic (exact) mass is 459 g/mol. The van der Waals surface area contributed by atoms with Gasteiger partial charge in [-0.3, -0.25) is 4.79 Å². The third-order valence-corrected chi connectivity index (χ3v) is 6.33. The Labute approximate surface area is 189 Å². The third kappa shape index (κ3) is 4.97. The van der Waals surface area contributed by atoms with Crippen molar-refractivity contribution >= 4 is 39.1 Å². The van der Waals surface area contributed by atoms with Crippen molar-refractivity contribution in [1.29, 1.82) is 0 Å². The Hall–Kier alpha value is -2.85. The van der Waals surface area contributed by atoms with E-state index in [-0.39, 0.29) is 18.6 Å². The largest absolute Gasteiger partial charge is 0.489 e. The number of nitrogens with zero attached hydrogens (tertiary/aromatic N) is 4. The summed E-state index contributed by atoms with van der Waals surface area (Å²) in [6.07, 6.45) is 3.82. The molecule has 32 heavy (non-hydrogen) atoms. The van der Waals surface area contributed by atoms with Crippen LogP contribution in [0.15, 0.2) is 24.5 Å². The van der Waals surface area contributed by atoms with Gasteiger partial charge in [-0.2, -0.15) is 0 Å². The fraction of sp³-hybridized carbons (Fsp3) is 0.455. The molecule has 1 aliphatic heterocycles. The predicted octanol–water partition coefficient (Wildman–Crippen LogP) is 3.99. The zero-order valence-corrected chi connectivity index (χ0v) is 18.9. The molecule has 2 aromatic heterocycles. The predicted molar refractivity (Wildman–Crippen MR) is 121 cm³/mol. The standard InChI is InChI=1S/C22H26FN5O3S/c1-13(2)31-17-11-15(23)3-4-16(17)26-19-18-20(25-12-24-19)32-21(27-18)22(30)28-8-5-14(6-9-28)7-10-29/h3-4,11-14,29H,5-10H2,1-2H3,(H,24,25,26). The van der Waals surface area contributed by atoms with Gasteiger partial charge in [0.1, 0.15) is 28.2 Å². The number of benzene rings is 1. The molecular weight excluding hydrogens is 433 g/mol. The van der Waals surface area contributed by atoms with Gasteiger partial charge in [0, 0.05) is 25.8 Å². The highest BCUT2D eigenvalue weighted by Crippen LogP contribution is 2.33. The number of aliphatic hydroxyl groups is 1. The van der Waals surface area contributed by atoms with E-state index in [0.29, 0.717) is 51.6 Å². The van der Waals surface area contributed by atoms with Crippen molar-refractivity contribution in [3.63, 3.8) is 0 Å². The average Bonchev–Trinajstić information content (AvgIpc) is 3.21. The van der Waals surface area contributed by atoms with E-state index >= 15 is 0 Å². The summed E-state index contributed by atoms with van der Waals surface area (Å²) in [5.74, 6) is 0.727. The van der Waals surface area contributed by atoms with Crippen LogP contribution in [-0.4, -0.2) is 56.7 Å². The van der Waals surface area contributed by atoms with Crippen LogP contribution in [0.3, 0.4) is 0 Å². The summed E-state index contributed by atoms with van der Waals surface area (Å²) < 4.78 is 19.4. The minimum absolute atomic E-state index is 0.119. The quantitative estimate of drug-likeness (QED) is 0.551. The molecule has 170 valence electrons. The average molecular weight is 460 g/mol. The number of hydrogen-bond donors (Lipinski definition) is 2. The Morgan fingerprint density at radius 2 is 2.12 bits per heavy atom. The molecule has 0 radical (unpaired) electrons. The van der Waals surface area contributed by atoms with Crippen LogP contribution in [0.25, 0.3) is 10.3 Å². The second-order valence-electron chi connectivity index (χ2n) is 8.07. The van der Waals surface area contributed by atoms with Crippen molar-refractivity contribution in [3.8, 4) is 5.75 Å². The summed E-state index contributed by atoms with van der Waals surface area (Å²) in [4.78, 5) is 28.5. The van der Waals surface area contributed by atoms with Crippen LogP contribution in [0, 0.1) is 11.7 Å². The van der Waals surface area contributed by atoms with E-state index in [2.05, 4.69) is 20.3 Å².